The summed E-state index contributed by atoms with van der Waals surface area (Å²) in [6.07, 6.45) is 0. The van der Waals surface area contributed by atoms with Crippen LogP contribution in [0.3, 0.4) is 0 Å². The molecule has 0 spiro atoms. The fourth-order valence-electron chi connectivity index (χ4n) is 2.05. The maximum atomic E-state index is 13.5. The number of ether oxygens (including phenoxy) is 1. The summed E-state index contributed by atoms with van der Waals surface area (Å²) in [5.74, 6) is -0.839. The molecule has 3 rings (SSSR count). The topological polar surface area (TPSA) is 50.4 Å². The first-order valence-corrected chi connectivity index (χ1v) is 6.36. The van der Waals surface area contributed by atoms with Crippen LogP contribution in [0, 0.1) is 11.6 Å². The van der Waals surface area contributed by atoms with Gasteiger partial charge in [-0.2, -0.15) is 0 Å². The number of fused-ring (bicyclic) bond motifs is 1. The number of rotatable bonds is 3. The maximum absolute atomic E-state index is 13.5. The third kappa shape index (κ3) is 2.94. The Kier molecular flexibility index (Phi) is 3.43. The molecule has 1 amide bonds. The van der Waals surface area contributed by atoms with Crippen LogP contribution < -0.4 is 15.4 Å². The van der Waals surface area contributed by atoms with E-state index in [0.717, 1.165) is 6.07 Å². The molecule has 1 heterocycles. The lowest BCUT2D eigenvalue weighted by atomic mass is 10.2. The molecule has 4 nitrogen and oxygen atoms in total. The van der Waals surface area contributed by atoms with E-state index in [0.29, 0.717) is 22.7 Å². The minimum atomic E-state index is -0.603. The molecule has 0 saturated heterocycles. The van der Waals surface area contributed by atoms with Crippen molar-refractivity contribution < 1.29 is 18.3 Å². The largest absolute Gasteiger partial charge is 0.482 e. The van der Waals surface area contributed by atoms with Crippen LogP contribution in [0.5, 0.6) is 5.75 Å². The van der Waals surface area contributed by atoms with Crippen LogP contribution in [-0.4, -0.2) is 12.5 Å². The summed E-state index contributed by atoms with van der Waals surface area (Å²) in [7, 11) is 0. The van der Waals surface area contributed by atoms with Crippen molar-refractivity contribution in [2.24, 2.45) is 0 Å². The molecule has 1 aliphatic rings. The number of amides is 1. The van der Waals surface area contributed by atoms with Gasteiger partial charge in [0, 0.05) is 29.9 Å². The van der Waals surface area contributed by atoms with Gasteiger partial charge >= 0.3 is 0 Å². The van der Waals surface area contributed by atoms with Gasteiger partial charge in [-0.1, -0.05) is 6.07 Å². The highest BCUT2D eigenvalue weighted by Gasteiger charge is 2.15. The zero-order chi connectivity index (χ0) is 14.8. The molecule has 2 aromatic rings. The molecule has 0 radical (unpaired) electrons. The van der Waals surface area contributed by atoms with Gasteiger partial charge in [-0.25, -0.2) is 8.78 Å². The van der Waals surface area contributed by atoms with Crippen LogP contribution in [-0.2, 0) is 11.3 Å². The second kappa shape index (κ2) is 5.40. The zero-order valence-corrected chi connectivity index (χ0v) is 11.0. The van der Waals surface area contributed by atoms with Crippen LogP contribution >= 0.6 is 0 Å². The number of hydrogen-bond acceptors (Lipinski definition) is 3. The van der Waals surface area contributed by atoms with Crippen molar-refractivity contribution in [1.29, 1.82) is 0 Å². The highest BCUT2D eigenvalue weighted by molar-refractivity contribution is 5.95. The maximum Gasteiger partial charge on any atom is 0.262 e. The molecule has 0 aromatic heterocycles. The Hall–Kier alpha value is -2.63. The third-order valence-electron chi connectivity index (χ3n) is 3.11. The Bertz CT molecular complexity index is 704. The Morgan fingerprint density at radius 1 is 1.19 bits per heavy atom. The molecule has 2 aromatic carbocycles. The van der Waals surface area contributed by atoms with Crippen molar-refractivity contribution in [3.05, 3.63) is 53.6 Å². The van der Waals surface area contributed by atoms with E-state index in [-0.39, 0.29) is 19.1 Å². The van der Waals surface area contributed by atoms with Gasteiger partial charge in [0.15, 0.2) is 6.61 Å². The number of carbonyl (C=O) groups is 1. The lowest BCUT2D eigenvalue weighted by Gasteiger charge is -2.19. The summed E-state index contributed by atoms with van der Waals surface area (Å²) in [6, 6.07) is 8.63. The average Bonchev–Trinajstić information content (AvgIpc) is 2.46. The molecule has 0 aliphatic carbocycles. The predicted octanol–water partition coefficient (Wildman–Crippen LogP) is 2.91. The lowest BCUT2D eigenvalue weighted by molar-refractivity contribution is -0.118. The predicted molar refractivity (Wildman–Crippen MR) is 74.3 cm³/mol. The molecule has 0 unspecified atom stereocenters. The highest BCUT2D eigenvalue weighted by Crippen LogP contribution is 2.30. The first kappa shape index (κ1) is 13.4. The molecule has 0 atom stereocenters. The lowest BCUT2D eigenvalue weighted by Crippen LogP contribution is -2.25. The van der Waals surface area contributed by atoms with E-state index in [1.54, 1.807) is 18.2 Å². The Labute approximate surface area is 119 Å². The molecule has 1 aliphatic heterocycles. The van der Waals surface area contributed by atoms with Crippen LogP contribution in [0.1, 0.15) is 5.56 Å². The van der Waals surface area contributed by atoms with Crippen molar-refractivity contribution in [3.8, 4) is 5.75 Å². The van der Waals surface area contributed by atoms with E-state index in [1.807, 2.05) is 0 Å². The van der Waals surface area contributed by atoms with Crippen LogP contribution in [0.2, 0.25) is 0 Å². The molecule has 21 heavy (non-hydrogen) atoms. The van der Waals surface area contributed by atoms with E-state index >= 15 is 0 Å². The molecule has 6 heteroatoms. The molecular formula is C15H12F2N2O2. The van der Waals surface area contributed by atoms with E-state index < -0.39 is 11.6 Å². The smallest absolute Gasteiger partial charge is 0.262 e. The van der Waals surface area contributed by atoms with Gasteiger partial charge in [0.1, 0.15) is 17.4 Å². The van der Waals surface area contributed by atoms with Crippen LogP contribution in [0.25, 0.3) is 0 Å². The van der Waals surface area contributed by atoms with E-state index in [4.69, 9.17) is 4.74 Å². The Morgan fingerprint density at radius 3 is 2.86 bits per heavy atom. The van der Waals surface area contributed by atoms with Gasteiger partial charge in [-0.15, -0.1) is 0 Å². The zero-order valence-electron chi connectivity index (χ0n) is 11.0. The quantitative estimate of drug-likeness (QED) is 0.914. The van der Waals surface area contributed by atoms with Crippen molar-refractivity contribution in [1.82, 2.24) is 0 Å². The highest BCUT2D eigenvalue weighted by atomic mass is 19.1. The van der Waals surface area contributed by atoms with Crippen molar-refractivity contribution >= 4 is 17.3 Å². The van der Waals surface area contributed by atoms with E-state index in [2.05, 4.69) is 10.6 Å². The second-order valence-corrected chi connectivity index (χ2v) is 4.64. The number of anilines is 2. The molecule has 0 saturated carbocycles. The summed E-state index contributed by atoms with van der Waals surface area (Å²) in [4.78, 5) is 11.2. The normalized spacial score (nSPS) is 13.1. The van der Waals surface area contributed by atoms with Crippen molar-refractivity contribution in [2.45, 2.75) is 6.54 Å². The van der Waals surface area contributed by atoms with E-state index in [9.17, 15) is 13.6 Å². The number of halogens is 2. The standard InChI is InChI=1S/C15H12F2N2O2/c16-10-2-1-9(12(17)5-10)7-18-11-3-4-13-14(6-11)21-8-15(20)19-13/h1-6,18H,7-8H2,(H,19,20). The van der Waals surface area contributed by atoms with Crippen molar-refractivity contribution in [2.75, 3.05) is 17.2 Å². The first-order valence-electron chi connectivity index (χ1n) is 6.36. The number of carbonyl (C=O) groups excluding carboxylic acids is 1. The molecule has 0 bridgehead atoms. The molecular weight excluding hydrogens is 278 g/mol. The number of nitrogens with one attached hydrogen (secondary N) is 2. The monoisotopic (exact) mass is 290 g/mol. The third-order valence-corrected chi connectivity index (χ3v) is 3.11. The summed E-state index contributed by atoms with van der Waals surface area (Å²) in [5.41, 5.74) is 1.68. The van der Waals surface area contributed by atoms with Gasteiger partial charge < -0.3 is 15.4 Å². The molecule has 2 N–H and O–H groups in total. The Balaban J connectivity index is 1.72. The Morgan fingerprint density at radius 2 is 2.05 bits per heavy atom. The fourth-order valence-corrected chi connectivity index (χ4v) is 2.05. The van der Waals surface area contributed by atoms with Gasteiger partial charge in [-0.05, 0) is 18.2 Å². The summed E-state index contributed by atoms with van der Waals surface area (Å²) in [6.45, 7) is 0.195. The van der Waals surface area contributed by atoms with E-state index in [1.165, 1.54) is 12.1 Å². The SMILES string of the molecule is O=C1COc2cc(NCc3ccc(F)cc3F)ccc2N1. The van der Waals surface area contributed by atoms with Gasteiger partial charge in [-0.3, -0.25) is 4.79 Å². The minimum absolute atomic E-state index is 0.0248. The van der Waals surface area contributed by atoms with Crippen LogP contribution in [0.15, 0.2) is 36.4 Å². The average molecular weight is 290 g/mol. The number of hydrogen-bond donors (Lipinski definition) is 2. The molecule has 108 valence electrons. The number of benzene rings is 2. The molecule has 0 fully saturated rings. The first-order chi connectivity index (χ1) is 10.1. The van der Waals surface area contributed by atoms with Crippen molar-refractivity contribution in [3.63, 3.8) is 0 Å². The van der Waals surface area contributed by atoms with Gasteiger partial charge in [0.25, 0.3) is 5.91 Å². The van der Waals surface area contributed by atoms with Gasteiger partial charge in [0.2, 0.25) is 0 Å². The summed E-state index contributed by atoms with van der Waals surface area (Å²) < 4.78 is 31.6. The minimum Gasteiger partial charge on any atom is -0.482 e. The second-order valence-electron chi connectivity index (χ2n) is 4.64. The van der Waals surface area contributed by atoms with Gasteiger partial charge in [0.05, 0.1) is 5.69 Å². The summed E-state index contributed by atoms with van der Waals surface area (Å²) >= 11 is 0. The van der Waals surface area contributed by atoms with Crippen LogP contribution in [0.4, 0.5) is 20.2 Å². The summed E-state index contributed by atoms with van der Waals surface area (Å²) in [5, 5.41) is 5.71. The fraction of sp³-hybridized carbons (Fsp3) is 0.133.